The standard InChI is InChI=1S/C24H28N4O2/c1-3-4-5-8-15-30-20-13-11-18(12-14-20)24(29)28-17-19-16-25-27(2)23(19)26-21-9-6-7-10-22(21)28/h6-7,9-14,16,26H,3-5,8,15,17H2,1-2H3. The molecule has 0 unspecified atom stereocenters. The zero-order valence-corrected chi connectivity index (χ0v) is 17.6. The second-order valence-corrected chi connectivity index (χ2v) is 7.61. The molecule has 0 atom stereocenters. The summed E-state index contributed by atoms with van der Waals surface area (Å²) in [5.74, 6) is 1.66. The van der Waals surface area contributed by atoms with Gasteiger partial charge in [-0.15, -0.1) is 0 Å². The second-order valence-electron chi connectivity index (χ2n) is 7.61. The molecule has 2 heterocycles. The number of carbonyl (C=O) groups is 1. The Kier molecular flexibility index (Phi) is 6.02. The summed E-state index contributed by atoms with van der Waals surface area (Å²) < 4.78 is 7.61. The predicted molar refractivity (Wildman–Crippen MR) is 120 cm³/mol. The van der Waals surface area contributed by atoms with Crippen molar-refractivity contribution >= 4 is 23.1 Å². The summed E-state index contributed by atoms with van der Waals surface area (Å²) in [4.78, 5) is 15.2. The van der Waals surface area contributed by atoms with Crippen LogP contribution in [0.2, 0.25) is 0 Å². The number of rotatable bonds is 7. The molecule has 0 bridgehead atoms. The summed E-state index contributed by atoms with van der Waals surface area (Å²) in [5, 5.41) is 7.76. The maximum Gasteiger partial charge on any atom is 0.258 e. The van der Waals surface area contributed by atoms with Crippen LogP contribution in [0.5, 0.6) is 5.75 Å². The highest BCUT2D eigenvalue weighted by atomic mass is 16.5. The van der Waals surface area contributed by atoms with E-state index >= 15 is 0 Å². The summed E-state index contributed by atoms with van der Waals surface area (Å²) in [7, 11) is 1.90. The van der Waals surface area contributed by atoms with E-state index in [1.54, 1.807) is 9.58 Å². The van der Waals surface area contributed by atoms with Crippen LogP contribution in [0.15, 0.2) is 54.7 Å². The van der Waals surface area contributed by atoms with Crippen LogP contribution in [0.25, 0.3) is 0 Å². The minimum Gasteiger partial charge on any atom is -0.494 e. The van der Waals surface area contributed by atoms with E-state index in [0.29, 0.717) is 18.7 Å². The molecule has 30 heavy (non-hydrogen) atoms. The highest BCUT2D eigenvalue weighted by Crippen LogP contribution is 2.36. The number of aromatic nitrogens is 2. The van der Waals surface area contributed by atoms with Crippen LogP contribution in [0.4, 0.5) is 17.2 Å². The third-order valence-corrected chi connectivity index (χ3v) is 5.40. The SMILES string of the molecule is CCCCCCOc1ccc(C(=O)N2Cc3cnn(C)c3Nc3ccccc32)cc1. The van der Waals surface area contributed by atoms with Gasteiger partial charge in [-0.2, -0.15) is 5.10 Å². The zero-order valence-electron chi connectivity index (χ0n) is 17.6. The molecule has 1 aromatic heterocycles. The number of ether oxygens (including phenoxy) is 1. The Morgan fingerprint density at radius 2 is 1.90 bits per heavy atom. The summed E-state index contributed by atoms with van der Waals surface area (Å²) >= 11 is 0. The monoisotopic (exact) mass is 404 g/mol. The lowest BCUT2D eigenvalue weighted by molar-refractivity contribution is 0.0985. The van der Waals surface area contributed by atoms with Crippen LogP contribution in [-0.2, 0) is 13.6 Å². The van der Waals surface area contributed by atoms with Crippen molar-refractivity contribution in [1.82, 2.24) is 9.78 Å². The number of para-hydroxylation sites is 2. The van der Waals surface area contributed by atoms with Gasteiger partial charge in [0.25, 0.3) is 5.91 Å². The van der Waals surface area contributed by atoms with Crippen molar-refractivity contribution in [3.8, 4) is 5.75 Å². The van der Waals surface area contributed by atoms with Crippen LogP contribution < -0.4 is 15.0 Å². The van der Waals surface area contributed by atoms with Gasteiger partial charge in [0.05, 0.1) is 30.7 Å². The number of hydrogen-bond acceptors (Lipinski definition) is 4. The van der Waals surface area contributed by atoms with E-state index in [1.807, 2.05) is 61.8 Å². The number of aryl methyl sites for hydroxylation is 1. The first-order valence-electron chi connectivity index (χ1n) is 10.6. The molecule has 4 rings (SSSR count). The Labute approximate surface area is 177 Å². The topological polar surface area (TPSA) is 59.4 Å². The number of amides is 1. The zero-order chi connectivity index (χ0) is 20.9. The Bertz CT molecular complexity index is 1010. The van der Waals surface area contributed by atoms with E-state index in [2.05, 4.69) is 17.3 Å². The van der Waals surface area contributed by atoms with Gasteiger partial charge < -0.3 is 15.0 Å². The Morgan fingerprint density at radius 3 is 2.70 bits per heavy atom. The summed E-state index contributed by atoms with van der Waals surface area (Å²) in [6, 6.07) is 15.3. The lowest BCUT2D eigenvalue weighted by Gasteiger charge is -2.22. The Hall–Kier alpha value is -3.28. The van der Waals surface area contributed by atoms with E-state index < -0.39 is 0 Å². The van der Waals surface area contributed by atoms with Crippen molar-refractivity contribution in [2.24, 2.45) is 7.05 Å². The highest BCUT2D eigenvalue weighted by Gasteiger charge is 2.26. The number of unbranched alkanes of at least 4 members (excludes halogenated alkanes) is 3. The van der Waals surface area contributed by atoms with Crippen LogP contribution in [0.3, 0.4) is 0 Å². The average Bonchev–Trinajstić information content (AvgIpc) is 3.02. The lowest BCUT2D eigenvalue weighted by Crippen LogP contribution is -2.29. The van der Waals surface area contributed by atoms with Gasteiger partial charge in [-0.1, -0.05) is 38.3 Å². The van der Waals surface area contributed by atoms with Crippen molar-refractivity contribution in [3.05, 3.63) is 65.9 Å². The summed E-state index contributed by atoms with van der Waals surface area (Å²) in [6.45, 7) is 3.37. The van der Waals surface area contributed by atoms with Crippen LogP contribution in [0.1, 0.15) is 48.5 Å². The molecule has 1 aliphatic heterocycles. The third kappa shape index (κ3) is 4.17. The molecule has 0 radical (unpaired) electrons. The van der Waals surface area contributed by atoms with E-state index in [1.165, 1.54) is 19.3 Å². The minimum atomic E-state index is -0.0459. The number of fused-ring (bicyclic) bond motifs is 2. The van der Waals surface area contributed by atoms with Gasteiger partial charge in [0.2, 0.25) is 0 Å². The first-order valence-corrected chi connectivity index (χ1v) is 10.6. The second kappa shape index (κ2) is 9.03. The molecule has 3 aromatic rings. The van der Waals surface area contributed by atoms with Crippen molar-refractivity contribution < 1.29 is 9.53 Å². The van der Waals surface area contributed by atoms with Crippen LogP contribution in [-0.4, -0.2) is 22.3 Å². The van der Waals surface area contributed by atoms with Crippen molar-refractivity contribution in [3.63, 3.8) is 0 Å². The molecule has 6 nitrogen and oxygen atoms in total. The molecule has 0 spiro atoms. The van der Waals surface area contributed by atoms with Gasteiger partial charge in [-0.25, -0.2) is 0 Å². The molecule has 1 aliphatic rings. The number of nitrogens with zero attached hydrogens (tertiary/aromatic N) is 3. The molecule has 156 valence electrons. The van der Waals surface area contributed by atoms with Crippen molar-refractivity contribution in [2.75, 3.05) is 16.8 Å². The number of nitrogens with one attached hydrogen (secondary N) is 1. The third-order valence-electron chi connectivity index (χ3n) is 5.40. The van der Waals surface area contributed by atoms with Gasteiger partial charge in [0.1, 0.15) is 11.6 Å². The first-order chi connectivity index (χ1) is 14.7. The number of carbonyl (C=O) groups excluding carboxylic acids is 1. The molecule has 6 heteroatoms. The van der Waals surface area contributed by atoms with E-state index in [4.69, 9.17) is 4.74 Å². The maximum atomic E-state index is 13.4. The summed E-state index contributed by atoms with van der Waals surface area (Å²) in [6.07, 6.45) is 6.50. The van der Waals surface area contributed by atoms with Gasteiger partial charge >= 0.3 is 0 Å². The maximum absolute atomic E-state index is 13.4. The molecular weight excluding hydrogens is 376 g/mol. The molecule has 0 aliphatic carbocycles. The predicted octanol–water partition coefficient (Wildman–Crippen LogP) is 5.28. The molecule has 0 saturated carbocycles. The van der Waals surface area contributed by atoms with E-state index in [9.17, 15) is 4.79 Å². The number of hydrogen-bond donors (Lipinski definition) is 1. The van der Waals surface area contributed by atoms with Gasteiger partial charge in [0.15, 0.2) is 0 Å². The molecule has 0 saturated heterocycles. The average molecular weight is 405 g/mol. The Balaban J connectivity index is 1.52. The smallest absolute Gasteiger partial charge is 0.258 e. The van der Waals surface area contributed by atoms with Gasteiger partial charge in [-0.3, -0.25) is 9.48 Å². The van der Waals surface area contributed by atoms with Crippen molar-refractivity contribution in [1.29, 1.82) is 0 Å². The van der Waals surface area contributed by atoms with Gasteiger partial charge in [0, 0.05) is 18.2 Å². The van der Waals surface area contributed by atoms with E-state index in [0.717, 1.165) is 34.9 Å². The van der Waals surface area contributed by atoms with Crippen LogP contribution >= 0.6 is 0 Å². The normalized spacial score (nSPS) is 12.5. The fraction of sp³-hybridized carbons (Fsp3) is 0.333. The van der Waals surface area contributed by atoms with Crippen molar-refractivity contribution in [2.45, 2.75) is 39.2 Å². The Morgan fingerprint density at radius 1 is 1.10 bits per heavy atom. The number of benzene rings is 2. The molecule has 1 N–H and O–H groups in total. The molecule has 2 aromatic carbocycles. The molecule has 0 fully saturated rings. The molecular formula is C24H28N4O2. The quantitative estimate of drug-likeness (QED) is 0.544. The highest BCUT2D eigenvalue weighted by molar-refractivity contribution is 6.08. The minimum absolute atomic E-state index is 0.0459. The first kappa shape index (κ1) is 20.0. The van der Waals surface area contributed by atoms with E-state index in [-0.39, 0.29) is 5.91 Å². The lowest BCUT2D eigenvalue weighted by atomic mass is 10.1. The summed E-state index contributed by atoms with van der Waals surface area (Å²) in [5.41, 5.74) is 3.36. The molecule has 1 amide bonds. The van der Waals surface area contributed by atoms with Gasteiger partial charge in [-0.05, 0) is 42.8 Å². The fourth-order valence-electron chi connectivity index (χ4n) is 3.71. The largest absolute Gasteiger partial charge is 0.494 e. The van der Waals surface area contributed by atoms with Crippen LogP contribution in [0, 0.1) is 0 Å². The number of anilines is 3. The fourth-order valence-corrected chi connectivity index (χ4v) is 3.71.